The van der Waals surface area contributed by atoms with Gasteiger partial charge in [-0.3, -0.25) is 4.98 Å². The summed E-state index contributed by atoms with van der Waals surface area (Å²) >= 11 is 1.65. The highest BCUT2D eigenvalue weighted by Gasteiger charge is 2.06. The van der Waals surface area contributed by atoms with E-state index in [1.807, 2.05) is 48.0 Å². The van der Waals surface area contributed by atoms with Crippen molar-refractivity contribution in [3.8, 4) is 10.6 Å². The number of thiazole rings is 1. The van der Waals surface area contributed by atoms with E-state index in [4.69, 9.17) is 0 Å². The largest absolute Gasteiger partial charge is 0.340 e. The summed E-state index contributed by atoms with van der Waals surface area (Å²) in [5.74, 6) is 0.884. The number of nitrogens with zero attached hydrogens (tertiary/aromatic N) is 2. The van der Waals surface area contributed by atoms with Crippen molar-refractivity contribution in [2.75, 3.05) is 5.32 Å². The molecule has 0 amide bonds. The Morgan fingerprint density at radius 3 is 2.81 bits per heavy atom. The molecule has 1 aromatic carbocycles. The Kier molecular flexibility index (Phi) is 4.26. The van der Waals surface area contributed by atoms with E-state index >= 15 is 0 Å². The first-order valence-electron chi connectivity index (χ1n) is 7.08. The third-order valence-electron chi connectivity index (χ3n) is 3.12. The van der Waals surface area contributed by atoms with Gasteiger partial charge in [-0.2, -0.15) is 0 Å². The van der Waals surface area contributed by atoms with Gasteiger partial charge in [0.05, 0.1) is 0 Å². The minimum atomic E-state index is 0.884. The standard InChI is InChI=1S/C17H17N3S/c1-2-6-15-11-13(9-10-18-15)17-20-16(12-21-17)19-14-7-4-3-5-8-14/h3-5,7-12,19H,2,6H2,1H3. The number of hydrogen-bond acceptors (Lipinski definition) is 4. The van der Waals surface area contributed by atoms with Crippen LogP contribution in [0.3, 0.4) is 0 Å². The Labute approximate surface area is 128 Å². The summed E-state index contributed by atoms with van der Waals surface area (Å²) in [7, 11) is 0. The van der Waals surface area contributed by atoms with Gasteiger partial charge in [0, 0.05) is 28.5 Å². The van der Waals surface area contributed by atoms with E-state index in [9.17, 15) is 0 Å². The molecule has 0 fully saturated rings. The van der Waals surface area contributed by atoms with E-state index in [2.05, 4.69) is 28.3 Å². The third kappa shape index (κ3) is 3.47. The zero-order valence-corrected chi connectivity index (χ0v) is 12.7. The van der Waals surface area contributed by atoms with Crippen LogP contribution in [0.25, 0.3) is 10.6 Å². The number of hydrogen-bond donors (Lipinski definition) is 1. The molecule has 0 saturated heterocycles. The topological polar surface area (TPSA) is 37.8 Å². The first-order valence-corrected chi connectivity index (χ1v) is 7.96. The van der Waals surface area contributed by atoms with Crippen molar-refractivity contribution < 1.29 is 0 Å². The van der Waals surface area contributed by atoms with Crippen LogP contribution >= 0.6 is 11.3 Å². The minimum absolute atomic E-state index is 0.884. The number of pyridine rings is 1. The molecule has 0 unspecified atom stereocenters. The maximum atomic E-state index is 4.66. The summed E-state index contributed by atoms with van der Waals surface area (Å²) in [6.07, 6.45) is 3.98. The molecule has 0 radical (unpaired) electrons. The summed E-state index contributed by atoms with van der Waals surface area (Å²) in [5, 5.41) is 6.38. The summed E-state index contributed by atoms with van der Waals surface area (Å²) in [4.78, 5) is 9.05. The van der Waals surface area contributed by atoms with E-state index in [0.717, 1.165) is 40.6 Å². The van der Waals surface area contributed by atoms with Gasteiger partial charge in [0.15, 0.2) is 0 Å². The average Bonchev–Trinajstić information content (AvgIpc) is 2.97. The molecule has 0 bridgehead atoms. The number of aryl methyl sites for hydroxylation is 1. The van der Waals surface area contributed by atoms with Gasteiger partial charge in [-0.05, 0) is 30.7 Å². The van der Waals surface area contributed by atoms with Crippen LogP contribution in [0, 0.1) is 0 Å². The quantitative estimate of drug-likeness (QED) is 0.727. The van der Waals surface area contributed by atoms with E-state index in [0.29, 0.717) is 0 Å². The molecule has 0 aliphatic rings. The van der Waals surface area contributed by atoms with Crippen molar-refractivity contribution in [2.45, 2.75) is 19.8 Å². The number of benzene rings is 1. The Hall–Kier alpha value is -2.20. The summed E-state index contributed by atoms with van der Waals surface area (Å²) in [6.45, 7) is 2.17. The van der Waals surface area contributed by atoms with Crippen LogP contribution in [-0.4, -0.2) is 9.97 Å². The molecule has 106 valence electrons. The first-order chi connectivity index (χ1) is 10.3. The fraction of sp³-hybridized carbons (Fsp3) is 0.176. The molecule has 0 saturated carbocycles. The second-order valence-electron chi connectivity index (χ2n) is 4.81. The van der Waals surface area contributed by atoms with Crippen molar-refractivity contribution in [3.05, 3.63) is 59.7 Å². The van der Waals surface area contributed by atoms with Gasteiger partial charge in [-0.25, -0.2) is 4.98 Å². The highest BCUT2D eigenvalue weighted by molar-refractivity contribution is 7.13. The van der Waals surface area contributed by atoms with E-state index in [1.54, 1.807) is 11.3 Å². The van der Waals surface area contributed by atoms with Crippen molar-refractivity contribution >= 4 is 22.8 Å². The molecular formula is C17H17N3S. The highest BCUT2D eigenvalue weighted by atomic mass is 32.1. The number of anilines is 2. The molecule has 0 aliphatic carbocycles. The zero-order valence-electron chi connectivity index (χ0n) is 11.9. The summed E-state index contributed by atoms with van der Waals surface area (Å²) in [6, 6.07) is 14.2. The molecule has 3 nitrogen and oxygen atoms in total. The average molecular weight is 295 g/mol. The maximum absolute atomic E-state index is 4.66. The van der Waals surface area contributed by atoms with Gasteiger partial charge in [0.2, 0.25) is 0 Å². The second-order valence-corrected chi connectivity index (χ2v) is 5.67. The second kappa shape index (κ2) is 6.50. The molecule has 0 aliphatic heterocycles. The van der Waals surface area contributed by atoms with Crippen LogP contribution in [0.2, 0.25) is 0 Å². The number of aromatic nitrogens is 2. The van der Waals surface area contributed by atoms with E-state index in [-0.39, 0.29) is 0 Å². The van der Waals surface area contributed by atoms with Gasteiger partial charge >= 0.3 is 0 Å². The van der Waals surface area contributed by atoms with Gasteiger partial charge < -0.3 is 5.32 Å². The Morgan fingerprint density at radius 1 is 1.14 bits per heavy atom. The monoisotopic (exact) mass is 295 g/mol. The molecule has 0 atom stereocenters. The van der Waals surface area contributed by atoms with Gasteiger partial charge in [0.25, 0.3) is 0 Å². The SMILES string of the molecule is CCCc1cc(-c2nc(Nc3ccccc3)cs2)ccn1. The molecule has 2 heterocycles. The normalized spacial score (nSPS) is 10.5. The first kappa shape index (κ1) is 13.8. The van der Waals surface area contributed by atoms with Crippen LogP contribution in [0.5, 0.6) is 0 Å². The lowest BCUT2D eigenvalue weighted by Crippen LogP contribution is -1.91. The number of nitrogens with one attached hydrogen (secondary N) is 1. The van der Waals surface area contributed by atoms with Crippen molar-refractivity contribution in [1.29, 1.82) is 0 Å². The number of para-hydroxylation sites is 1. The predicted molar refractivity (Wildman–Crippen MR) is 89.1 cm³/mol. The van der Waals surface area contributed by atoms with Crippen molar-refractivity contribution in [1.82, 2.24) is 9.97 Å². The van der Waals surface area contributed by atoms with Crippen LogP contribution in [0.4, 0.5) is 11.5 Å². The lowest BCUT2D eigenvalue weighted by Gasteiger charge is -2.02. The maximum Gasteiger partial charge on any atom is 0.142 e. The van der Waals surface area contributed by atoms with Gasteiger partial charge in [-0.1, -0.05) is 31.5 Å². The molecule has 2 aromatic heterocycles. The fourth-order valence-electron chi connectivity index (χ4n) is 2.14. The third-order valence-corrected chi connectivity index (χ3v) is 4.01. The lowest BCUT2D eigenvalue weighted by molar-refractivity contribution is 0.883. The zero-order chi connectivity index (χ0) is 14.5. The summed E-state index contributed by atoms with van der Waals surface area (Å²) in [5.41, 5.74) is 3.32. The molecule has 3 aromatic rings. The predicted octanol–water partition coefficient (Wildman–Crippen LogP) is 4.90. The van der Waals surface area contributed by atoms with Crippen LogP contribution in [0.15, 0.2) is 54.0 Å². The van der Waals surface area contributed by atoms with E-state index in [1.165, 1.54) is 0 Å². The van der Waals surface area contributed by atoms with Gasteiger partial charge in [-0.15, -0.1) is 11.3 Å². The molecule has 4 heteroatoms. The van der Waals surface area contributed by atoms with Gasteiger partial charge in [0.1, 0.15) is 10.8 Å². The van der Waals surface area contributed by atoms with E-state index < -0.39 is 0 Å². The molecule has 21 heavy (non-hydrogen) atoms. The fourth-order valence-corrected chi connectivity index (χ4v) is 2.89. The number of rotatable bonds is 5. The van der Waals surface area contributed by atoms with Crippen molar-refractivity contribution in [3.63, 3.8) is 0 Å². The van der Waals surface area contributed by atoms with Crippen LogP contribution in [-0.2, 0) is 6.42 Å². The minimum Gasteiger partial charge on any atom is -0.340 e. The smallest absolute Gasteiger partial charge is 0.142 e. The Bertz CT molecular complexity index is 707. The highest BCUT2D eigenvalue weighted by Crippen LogP contribution is 2.27. The molecular weight excluding hydrogens is 278 g/mol. The molecule has 0 spiro atoms. The molecule has 1 N–H and O–H groups in total. The van der Waals surface area contributed by atoms with Crippen LogP contribution < -0.4 is 5.32 Å². The molecule has 3 rings (SSSR count). The Balaban J connectivity index is 1.80. The summed E-state index contributed by atoms with van der Waals surface area (Å²) < 4.78 is 0. The van der Waals surface area contributed by atoms with Crippen LogP contribution in [0.1, 0.15) is 19.0 Å². The lowest BCUT2D eigenvalue weighted by atomic mass is 10.2. The Morgan fingerprint density at radius 2 is 2.00 bits per heavy atom. The van der Waals surface area contributed by atoms with Crippen molar-refractivity contribution in [2.24, 2.45) is 0 Å².